The van der Waals surface area contributed by atoms with Crippen LogP contribution in [-0.2, 0) is 4.79 Å². The van der Waals surface area contributed by atoms with Gasteiger partial charge in [-0.25, -0.2) is 0 Å². The molecule has 35 heavy (non-hydrogen) atoms. The predicted octanol–water partition coefficient (Wildman–Crippen LogP) is 5.02. The molecule has 0 bridgehead atoms. The predicted molar refractivity (Wildman–Crippen MR) is 141 cm³/mol. The molecule has 1 saturated heterocycles. The zero-order valence-corrected chi connectivity index (χ0v) is 20.2. The Balaban J connectivity index is 1.61. The number of anilines is 2. The van der Waals surface area contributed by atoms with E-state index in [1.54, 1.807) is 13.3 Å². The normalized spacial score (nSPS) is 17.2. The molecule has 4 aromatic rings. The number of rotatable bonds is 6. The lowest BCUT2D eigenvalue weighted by Gasteiger charge is -2.29. The van der Waals surface area contributed by atoms with Gasteiger partial charge in [-0.2, -0.15) is 0 Å². The van der Waals surface area contributed by atoms with Gasteiger partial charge in [0.15, 0.2) is 5.11 Å². The summed E-state index contributed by atoms with van der Waals surface area (Å²) in [5.74, 6) is 0.675. The first-order valence-corrected chi connectivity index (χ1v) is 11.7. The van der Waals surface area contributed by atoms with Crippen LogP contribution in [-0.4, -0.2) is 27.7 Å². The van der Waals surface area contributed by atoms with Crippen LogP contribution in [0.4, 0.5) is 11.4 Å². The molecule has 2 aromatic heterocycles. The third kappa shape index (κ3) is 4.48. The SMILES string of the molecule is COc1cccc(-n2cccc2[C@H]2[C@@H](c3ccccn3)NC(=S)N2c2ccc(NC(C)=O)cc2)c1. The van der Waals surface area contributed by atoms with E-state index in [4.69, 9.17) is 17.0 Å². The van der Waals surface area contributed by atoms with Crippen LogP contribution < -0.4 is 20.3 Å². The Morgan fingerprint density at radius 1 is 1.03 bits per heavy atom. The van der Waals surface area contributed by atoms with Gasteiger partial charge in [-0.15, -0.1) is 0 Å². The quantitative estimate of drug-likeness (QED) is 0.376. The monoisotopic (exact) mass is 483 g/mol. The number of nitrogens with zero attached hydrogens (tertiary/aromatic N) is 3. The highest BCUT2D eigenvalue weighted by Crippen LogP contribution is 2.42. The van der Waals surface area contributed by atoms with Crippen molar-refractivity contribution in [1.29, 1.82) is 0 Å². The van der Waals surface area contributed by atoms with Crippen LogP contribution in [0.15, 0.2) is 91.3 Å². The van der Waals surface area contributed by atoms with E-state index in [0.717, 1.165) is 34.2 Å². The van der Waals surface area contributed by atoms with E-state index >= 15 is 0 Å². The first kappa shape index (κ1) is 22.6. The van der Waals surface area contributed by atoms with Crippen LogP contribution in [0.3, 0.4) is 0 Å². The lowest BCUT2D eigenvalue weighted by molar-refractivity contribution is -0.114. The van der Waals surface area contributed by atoms with Gasteiger partial charge in [-0.1, -0.05) is 12.1 Å². The third-order valence-electron chi connectivity index (χ3n) is 5.98. The number of pyridine rings is 1. The maximum Gasteiger partial charge on any atom is 0.221 e. The Morgan fingerprint density at radius 3 is 2.57 bits per heavy atom. The summed E-state index contributed by atoms with van der Waals surface area (Å²) in [6.45, 7) is 1.49. The molecule has 7 nitrogen and oxygen atoms in total. The Labute approximate surface area is 209 Å². The van der Waals surface area contributed by atoms with Crippen LogP contribution >= 0.6 is 12.2 Å². The number of nitrogens with one attached hydrogen (secondary N) is 2. The number of carbonyl (C=O) groups excluding carboxylic acids is 1. The molecule has 0 saturated carbocycles. The van der Waals surface area contributed by atoms with Crippen molar-refractivity contribution in [3.63, 3.8) is 0 Å². The van der Waals surface area contributed by atoms with Crippen molar-refractivity contribution < 1.29 is 9.53 Å². The van der Waals surface area contributed by atoms with E-state index in [0.29, 0.717) is 5.11 Å². The lowest BCUT2D eigenvalue weighted by atomic mass is 10.0. The van der Waals surface area contributed by atoms with Crippen LogP contribution in [0.5, 0.6) is 5.75 Å². The highest BCUT2D eigenvalue weighted by Gasteiger charge is 2.42. The third-order valence-corrected chi connectivity index (χ3v) is 6.29. The first-order valence-electron chi connectivity index (χ1n) is 11.2. The highest BCUT2D eigenvalue weighted by molar-refractivity contribution is 7.80. The van der Waals surface area contributed by atoms with E-state index in [1.807, 2.05) is 72.9 Å². The molecule has 8 heteroatoms. The second-order valence-corrected chi connectivity index (χ2v) is 8.62. The summed E-state index contributed by atoms with van der Waals surface area (Å²) in [7, 11) is 1.67. The summed E-state index contributed by atoms with van der Waals surface area (Å²) >= 11 is 5.84. The summed E-state index contributed by atoms with van der Waals surface area (Å²) in [4.78, 5) is 18.2. The first-order chi connectivity index (χ1) is 17.0. The molecule has 1 fully saturated rings. The van der Waals surface area contributed by atoms with Crippen molar-refractivity contribution >= 4 is 34.6 Å². The zero-order valence-electron chi connectivity index (χ0n) is 19.4. The van der Waals surface area contributed by atoms with Gasteiger partial charge in [0.05, 0.1) is 18.8 Å². The highest BCUT2D eigenvalue weighted by atomic mass is 32.1. The average Bonchev–Trinajstić information content (AvgIpc) is 3.49. The largest absolute Gasteiger partial charge is 0.497 e. The molecule has 2 atom stereocenters. The minimum Gasteiger partial charge on any atom is -0.497 e. The molecule has 5 rings (SSSR count). The maximum atomic E-state index is 11.5. The molecule has 1 aliphatic heterocycles. The molecule has 0 spiro atoms. The van der Waals surface area contributed by atoms with E-state index in [-0.39, 0.29) is 18.0 Å². The number of carbonyl (C=O) groups is 1. The van der Waals surface area contributed by atoms with Gasteiger partial charge in [0.2, 0.25) is 5.91 Å². The smallest absolute Gasteiger partial charge is 0.221 e. The number of thiocarbonyl (C=S) groups is 1. The molecular weight excluding hydrogens is 458 g/mol. The van der Waals surface area contributed by atoms with Gasteiger partial charge in [-0.3, -0.25) is 9.78 Å². The summed E-state index contributed by atoms with van der Waals surface area (Å²) in [6.07, 6.45) is 3.84. The Kier molecular flexibility index (Phi) is 6.20. The maximum absolute atomic E-state index is 11.5. The number of aromatic nitrogens is 2. The second-order valence-electron chi connectivity index (χ2n) is 8.23. The zero-order chi connectivity index (χ0) is 24.4. The van der Waals surface area contributed by atoms with Gasteiger partial charge in [0, 0.05) is 48.1 Å². The Morgan fingerprint density at radius 2 is 1.86 bits per heavy atom. The fraction of sp³-hybridized carbons (Fsp3) is 0.148. The second kappa shape index (κ2) is 9.60. The number of methoxy groups -OCH3 is 1. The van der Waals surface area contributed by atoms with Crippen LogP contribution in [0.25, 0.3) is 5.69 Å². The number of hydrogen-bond acceptors (Lipinski definition) is 4. The number of benzene rings is 2. The molecule has 0 aliphatic carbocycles. The average molecular weight is 484 g/mol. The van der Waals surface area contributed by atoms with E-state index in [1.165, 1.54) is 6.92 Å². The molecule has 0 unspecified atom stereocenters. The molecule has 0 radical (unpaired) electrons. The van der Waals surface area contributed by atoms with Gasteiger partial charge >= 0.3 is 0 Å². The fourth-order valence-corrected chi connectivity index (χ4v) is 4.82. The molecule has 2 aromatic carbocycles. The van der Waals surface area contributed by atoms with Crippen molar-refractivity contribution in [1.82, 2.24) is 14.9 Å². The minimum absolute atomic E-state index is 0.111. The van der Waals surface area contributed by atoms with Crippen molar-refractivity contribution in [3.05, 3.63) is 103 Å². The molecule has 1 aliphatic rings. The van der Waals surface area contributed by atoms with Crippen molar-refractivity contribution in [2.45, 2.75) is 19.0 Å². The lowest BCUT2D eigenvalue weighted by Crippen LogP contribution is -2.30. The topological polar surface area (TPSA) is 71.4 Å². The van der Waals surface area contributed by atoms with Gasteiger partial charge in [0.1, 0.15) is 11.8 Å². The summed E-state index contributed by atoms with van der Waals surface area (Å²) in [5, 5.41) is 6.92. The van der Waals surface area contributed by atoms with E-state index in [2.05, 4.69) is 37.2 Å². The molecule has 176 valence electrons. The minimum atomic E-state index is -0.176. The van der Waals surface area contributed by atoms with Crippen molar-refractivity contribution in [2.24, 2.45) is 0 Å². The summed E-state index contributed by atoms with van der Waals surface area (Å²) < 4.78 is 7.61. The Hall–Kier alpha value is -4.17. The van der Waals surface area contributed by atoms with E-state index < -0.39 is 0 Å². The number of ether oxygens (including phenoxy) is 1. The summed E-state index contributed by atoms with van der Waals surface area (Å²) in [6, 6.07) is 25.3. The number of amides is 1. The van der Waals surface area contributed by atoms with Gasteiger partial charge < -0.3 is 24.8 Å². The van der Waals surface area contributed by atoms with E-state index in [9.17, 15) is 4.79 Å². The van der Waals surface area contributed by atoms with Gasteiger partial charge in [0.25, 0.3) is 0 Å². The van der Waals surface area contributed by atoms with Gasteiger partial charge in [-0.05, 0) is 72.9 Å². The summed E-state index contributed by atoms with van der Waals surface area (Å²) in [5.41, 5.74) is 4.58. The standard InChI is InChI=1S/C27H25N5O2S/c1-18(33)29-19-11-13-20(14-12-19)32-26(25(30-27(32)35)23-9-3-4-15-28-23)24-10-6-16-31(24)21-7-5-8-22(17-21)34-2/h3-17,25-26H,1-2H3,(H,29,33)(H,30,35)/t25-,26+/m1/s1. The molecule has 2 N–H and O–H groups in total. The van der Waals surface area contributed by atoms with Crippen molar-refractivity contribution in [3.8, 4) is 11.4 Å². The molecular formula is C27H25N5O2S. The van der Waals surface area contributed by atoms with Crippen LogP contribution in [0.2, 0.25) is 0 Å². The Bertz CT molecular complexity index is 1350. The van der Waals surface area contributed by atoms with Crippen molar-refractivity contribution in [2.75, 3.05) is 17.3 Å². The molecule has 1 amide bonds. The molecule has 3 heterocycles. The van der Waals surface area contributed by atoms with Crippen LogP contribution in [0, 0.1) is 0 Å². The number of hydrogen-bond donors (Lipinski definition) is 2. The fourth-order valence-electron chi connectivity index (χ4n) is 4.47. The van der Waals surface area contributed by atoms with Crippen LogP contribution in [0.1, 0.15) is 30.4 Å².